The van der Waals surface area contributed by atoms with Crippen LogP contribution in [0.1, 0.15) is 0 Å². The molecule has 0 unspecified atom stereocenters. The quantitative estimate of drug-likeness (QED) is 0.238. The molecular formula is C5H9N3O2. The topological polar surface area (TPSA) is 98.2 Å². The van der Waals surface area contributed by atoms with E-state index in [2.05, 4.69) is 5.32 Å². The summed E-state index contributed by atoms with van der Waals surface area (Å²) in [5.74, 6) is -1.41. The molecule has 5 heteroatoms. The zero-order chi connectivity index (χ0) is 8.15. The van der Waals surface area contributed by atoms with Crippen molar-refractivity contribution < 1.29 is 9.59 Å². The lowest BCUT2D eigenvalue weighted by molar-refractivity contribution is -0.121. The first-order valence-corrected chi connectivity index (χ1v) is 2.57. The van der Waals surface area contributed by atoms with E-state index in [0.717, 1.165) is 6.20 Å². The molecule has 0 atom stereocenters. The van der Waals surface area contributed by atoms with Gasteiger partial charge in [0, 0.05) is 13.2 Å². The summed E-state index contributed by atoms with van der Waals surface area (Å²) in [4.78, 5) is 21.0. The van der Waals surface area contributed by atoms with E-state index in [9.17, 15) is 9.59 Å². The maximum atomic E-state index is 10.6. The van der Waals surface area contributed by atoms with E-state index in [1.807, 2.05) is 0 Å². The first kappa shape index (κ1) is 8.48. The van der Waals surface area contributed by atoms with Gasteiger partial charge in [-0.25, -0.2) is 0 Å². The third kappa shape index (κ3) is 1.77. The highest BCUT2D eigenvalue weighted by molar-refractivity contribution is 6.17. The number of rotatable bonds is 2. The third-order valence-corrected chi connectivity index (χ3v) is 0.904. The molecule has 0 aromatic carbocycles. The van der Waals surface area contributed by atoms with Gasteiger partial charge in [0.2, 0.25) is 0 Å². The van der Waals surface area contributed by atoms with Crippen molar-refractivity contribution in [3.05, 3.63) is 11.8 Å². The average Bonchev–Trinajstić information content (AvgIpc) is 1.88. The molecule has 56 valence electrons. The molecule has 0 bridgehead atoms. The molecule has 5 nitrogen and oxygen atoms in total. The fourth-order valence-corrected chi connectivity index (χ4v) is 0.404. The molecule has 0 saturated heterocycles. The van der Waals surface area contributed by atoms with Crippen LogP contribution in [0.3, 0.4) is 0 Å². The monoisotopic (exact) mass is 143 g/mol. The van der Waals surface area contributed by atoms with Gasteiger partial charge in [-0.05, 0) is 0 Å². The lowest BCUT2D eigenvalue weighted by Crippen LogP contribution is -2.29. The number of nitrogens with two attached hydrogens (primary N) is 2. The molecule has 0 aromatic heterocycles. The summed E-state index contributed by atoms with van der Waals surface area (Å²) in [6.45, 7) is 0. The molecule has 0 aliphatic carbocycles. The third-order valence-electron chi connectivity index (χ3n) is 0.904. The van der Waals surface area contributed by atoms with Crippen LogP contribution in [-0.4, -0.2) is 18.9 Å². The Balaban J connectivity index is 4.39. The lowest BCUT2D eigenvalue weighted by atomic mass is 10.2. The molecule has 2 amide bonds. The standard InChI is InChI=1S/C5H9N3O2/c1-8-5(10)3(2-6)4(7)9/h2H,6H2,1H3,(H2,7,9)(H,8,10)/b3-2+. The fraction of sp³-hybridized carbons (Fsp3) is 0.200. The van der Waals surface area contributed by atoms with Crippen molar-refractivity contribution in [1.82, 2.24) is 5.32 Å². The Kier molecular flexibility index (Phi) is 2.96. The molecule has 10 heavy (non-hydrogen) atoms. The zero-order valence-corrected chi connectivity index (χ0v) is 5.55. The lowest BCUT2D eigenvalue weighted by Gasteiger charge is -1.97. The molecule has 0 aromatic rings. The second-order valence-corrected chi connectivity index (χ2v) is 1.52. The van der Waals surface area contributed by atoms with Crippen molar-refractivity contribution in [3.8, 4) is 0 Å². The van der Waals surface area contributed by atoms with Crippen LogP contribution in [-0.2, 0) is 9.59 Å². The van der Waals surface area contributed by atoms with Gasteiger partial charge in [0.05, 0.1) is 0 Å². The maximum Gasteiger partial charge on any atom is 0.258 e. The van der Waals surface area contributed by atoms with Crippen LogP contribution in [0.15, 0.2) is 11.8 Å². The van der Waals surface area contributed by atoms with Crippen molar-refractivity contribution in [2.45, 2.75) is 0 Å². The van der Waals surface area contributed by atoms with Crippen LogP contribution in [0.5, 0.6) is 0 Å². The smallest absolute Gasteiger partial charge is 0.258 e. The van der Waals surface area contributed by atoms with Gasteiger partial charge in [0.25, 0.3) is 11.8 Å². The van der Waals surface area contributed by atoms with E-state index in [1.54, 1.807) is 0 Å². The average molecular weight is 143 g/mol. The summed E-state index contributed by atoms with van der Waals surface area (Å²) in [7, 11) is 1.38. The van der Waals surface area contributed by atoms with E-state index >= 15 is 0 Å². The van der Waals surface area contributed by atoms with Crippen molar-refractivity contribution in [2.24, 2.45) is 11.5 Å². The normalized spacial score (nSPS) is 10.7. The molecule has 0 fully saturated rings. The van der Waals surface area contributed by atoms with Gasteiger partial charge in [0.1, 0.15) is 5.57 Å². The van der Waals surface area contributed by atoms with Crippen molar-refractivity contribution in [3.63, 3.8) is 0 Å². The van der Waals surface area contributed by atoms with Crippen molar-refractivity contribution in [2.75, 3.05) is 7.05 Å². The minimum atomic E-state index is -0.832. The van der Waals surface area contributed by atoms with Crippen LogP contribution in [0.2, 0.25) is 0 Å². The first-order chi connectivity index (χ1) is 4.63. The van der Waals surface area contributed by atoms with Crippen LogP contribution in [0.25, 0.3) is 0 Å². The highest BCUT2D eigenvalue weighted by atomic mass is 16.2. The highest BCUT2D eigenvalue weighted by Crippen LogP contribution is 1.87. The van der Waals surface area contributed by atoms with E-state index in [4.69, 9.17) is 11.5 Å². The summed E-state index contributed by atoms with van der Waals surface area (Å²) >= 11 is 0. The summed E-state index contributed by atoms with van der Waals surface area (Å²) in [6, 6.07) is 0. The maximum absolute atomic E-state index is 10.6. The van der Waals surface area contributed by atoms with Crippen LogP contribution < -0.4 is 16.8 Å². The number of carbonyl (C=O) groups is 2. The predicted octanol–water partition coefficient (Wildman–Crippen LogP) is -1.94. The summed E-state index contributed by atoms with van der Waals surface area (Å²) < 4.78 is 0. The van der Waals surface area contributed by atoms with Gasteiger partial charge in [-0.1, -0.05) is 0 Å². The number of carbonyl (C=O) groups excluding carboxylic acids is 2. The SMILES string of the molecule is CNC(=O)/C(=C/N)C(N)=O. The predicted molar refractivity (Wildman–Crippen MR) is 35.5 cm³/mol. The van der Waals surface area contributed by atoms with E-state index in [0.29, 0.717) is 0 Å². The number of hydrogen-bond donors (Lipinski definition) is 3. The molecule has 5 N–H and O–H groups in total. The fourth-order valence-electron chi connectivity index (χ4n) is 0.404. The molecule has 0 heterocycles. The van der Waals surface area contributed by atoms with Crippen LogP contribution >= 0.6 is 0 Å². The van der Waals surface area contributed by atoms with Crippen molar-refractivity contribution >= 4 is 11.8 Å². The minimum absolute atomic E-state index is 0.234. The second-order valence-electron chi connectivity index (χ2n) is 1.52. The zero-order valence-electron chi connectivity index (χ0n) is 5.55. The van der Waals surface area contributed by atoms with E-state index in [-0.39, 0.29) is 5.57 Å². The van der Waals surface area contributed by atoms with Gasteiger partial charge in [0.15, 0.2) is 0 Å². The Bertz CT molecular complexity index is 185. The number of hydrogen-bond acceptors (Lipinski definition) is 3. The van der Waals surface area contributed by atoms with Gasteiger partial charge >= 0.3 is 0 Å². The minimum Gasteiger partial charge on any atom is -0.404 e. The molecule has 0 aliphatic rings. The second kappa shape index (κ2) is 3.49. The molecule has 0 radical (unpaired) electrons. The Morgan fingerprint density at radius 2 is 2.00 bits per heavy atom. The van der Waals surface area contributed by atoms with E-state index in [1.165, 1.54) is 7.05 Å². The van der Waals surface area contributed by atoms with Gasteiger partial charge < -0.3 is 16.8 Å². The first-order valence-electron chi connectivity index (χ1n) is 2.57. The molecular weight excluding hydrogens is 134 g/mol. The summed E-state index contributed by atoms with van der Waals surface area (Å²) in [5, 5.41) is 2.21. The van der Waals surface area contributed by atoms with Gasteiger partial charge in [-0.3, -0.25) is 9.59 Å². The van der Waals surface area contributed by atoms with Crippen molar-refractivity contribution in [1.29, 1.82) is 0 Å². The number of likely N-dealkylation sites (N-methyl/N-ethyl adjacent to an activating group) is 1. The van der Waals surface area contributed by atoms with Crippen LogP contribution in [0.4, 0.5) is 0 Å². The Morgan fingerprint density at radius 1 is 1.50 bits per heavy atom. The summed E-state index contributed by atoms with van der Waals surface area (Å²) in [6.07, 6.45) is 0.876. The number of amides is 2. The Morgan fingerprint density at radius 3 is 2.10 bits per heavy atom. The number of primary amides is 1. The molecule has 0 spiro atoms. The molecule has 0 rings (SSSR count). The summed E-state index contributed by atoms with van der Waals surface area (Å²) in [5.41, 5.74) is 9.47. The van der Waals surface area contributed by atoms with Gasteiger partial charge in [-0.2, -0.15) is 0 Å². The molecule has 0 aliphatic heterocycles. The van der Waals surface area contributed by atoms with E-state index < -0.39 is 11.8 Å². The van der Waals surface area contributed by atoms with Crippen LogP contribution in [0, 0.1) is 0 Å². The Hall–Kier alpha value is -1.52. The number of nitrogens with one attached hydrogen (secondary N) is 1. The Labute approximate surface area is 58.1 Å². The largest absolute Gasteiger partial charge is 0.404 e. The highest BCUT2D eigenvalue weighted by Gasteiger charge is 2.11. The van der Waals surface area contributed by atoms with Gasteiger partial charge in [-0.15, -0.1) is 0 Å². The molecule has 0 saturated carbocycles.